The van der Waals surface area contributed by atoms with Crippen LogP contribution in [0, 0.1) is 0 Å². The van der Waals surface area contributed by atoms with Crippen molar-refractivity contribution in [1.82, 2.24) is 4.98 Å². The molecule has 1 aromatic heterocycles. The fourth-order valence-electron chi connectivity index (χ4n) is 1.21. The number of ether oxygens (including phenoxy) is 2. The van der Waals surface area contributed by atoms with E-state index in [1.807, 2.05) is 6.92 Å². The van der Waals surface area contributed by atoms with Gasteiger partial charge in [-0.3, -0.25) is 4.98 Å². The van der Waals surface area contributed by atoms with Crippen molar-refractivity contribution in [2.45, 2.75) is 13.0 Å². The quantitative estimate of drug-likeness (QED) is 0.761. The summed E-state index contributed by atoms with van der Waals surface area (Å²) in [5, 5.41) is 0. The molecule has 4 nitrogen and oxygen atoms in total. The largest absolute Gasteiger partial charge is 0.495 e. The molecule has 0 aliphatic heterocycles. The van der Waals surface area contributed by atoms with Crippen molar-refractivity contribution in [2.75, 3.05) is 14.2 Å². The maximum Gasteiger partial charge on any atom is 0.145 e. The molecule has 1 rings (SSSR count). The Bertz CT molecular complexity index is 265. The number of hydrogen-bond acceptors (Lipinski definition) is 4. The topological polar surface area (TPSA) is 57.4 Å². The molecule has 0 saturated heterocycles. The lowest BCUT2D eigenvalue weighted by Crippen LogP contribution is -2.09. The van der Waals surface area contributed by atoms with Gasteiger partial charge in [0.05, 0.1) is 32.2 Å². The molecule has 0 saturated carbocycles. The van der Waals surface area contributed by atoms with E-state index >= 15 is 0 Å². The van der Waals surface area contributed by atoms with E-state index in [1.54, 1.807) is 26.6 Å². The van der Waals surface area contributed by atoms with Gasteiger partial charge in [-0.05, 0) is 6.92 Å². The first kappa shape index (κ1) is 9.80. The van der Waals surface area contributed by atoms with Gasteiger partial charge in [-0.1, -0.05) is 0 Å². The number of pyridine rings is 1. The van der Waals surface area contributed by atoms with Crippen molar-refractivity contribution in [3.8, 4) is 11.5 Å². The predicted molar refractivity (Wildman–Crippen MR) is 49.9 cm³/mol. The van der Waals surface area contributed by atoms with Crippen LogP contribution in [0.1, 0.15) is 18.5 Å². The van der Waals surface area contributed by atoms with Crippen molar-refractivity contribution >= 4 is 0 Å². The van der Waals surface area contributed by atoms with Gasteiger partial charge in [-0.2, -0.15) is 0 Å². The zero-order chi connectivity index (χ0) is 9.84. The minimum absolute atomic E-state index is 0.132. The van der Waals surface area contributed by atoms with Gasteiger partial charge in [-0.15, -0.1) is 0 Å². The number of aromatic nitrogens is 1. The lowest BCUT2D eigenvalue weighted by Gasteiger charge is -2.14. The van der Waals surface area contributed by atoms with Crippen LogP contribution in [0.5, 0.6) is 11.5 Å². The fraction of sp³-hybridized carbons (Fsp3) is 0.444. The Balaban J connectivity index is 3.21. The number of hydrogen-bond donors (Lipinski definition) is 1. The zero-order valence-corrected chi connectivity index (χ0v) is 8.07. The van der Waals surface area contributed by atoms with E-state index in [0.717, 1.165) is 5.56 Å². The van der Waals surface area contributed by atoms with Gasteiger partial charge in [0.25, 0.3) is 0 Å². The lowest BCUT2D eigenvalue weighted by atomic mass is 10.1. The summed E-state index contributed by atoms with van der Waals surface area (Å²) in [6.07, 6.45) is 3.25. The summed E-state index contributed by atoms with van der Waals surface area (Å²) in [6.45, 7) is 1.88. The van der Waals surface area contributed by atoms with Crippen molar-refractivity contribution in [1.29, 1.82) is 0 Å². The maximum absolute atomic E-state index is 5.78. The van der Waals surface area contributed by atoms with Crippen LogP contribution in [0.2, 0.25) is 0 Å². The summed E-state index contributed by atoms with van der Waals surface area (Å²) in [6, 6.07) is -0.132. The summed E-state index contributed by atoms with van der Waals surface area (Å²) < 4.78 is 10.3. The van der Waals surface area contributed by atoms with Gasteiger partial charge in [0.15, 0.2) is 0 Å². The van der Waals surface area contributed by atoms with E-state index in [9.17, 15) is 0 Å². The minimum Gasteiger partial charge on any atom is -0.495 e. The van der Waals surface area contributed by atoms with Gasteiger partial charge in [0.1, 0.15) is 11.5 Å². The third-order valence-corrected chi connectivity index (χ3v) is 1.81. The van der Waals surface area contributed by atoms with Crippen LogP contribution in [0.25, 0.3) is 0 Å². The number of nitrogens with two attached hydrogens (primary N) is 1. The first-order valence-corrected chi connectivity index (χ1v) is 4.02. The smallest absolute Gasteiger partial charge is 0.145 e. The van der Waals surface area contributed by atoms with Crippen LogP contribution < -0.4 is 15.2 Å². The Hall–Kier alpha value is -1.29. The lowest BCUT2D eigenvalue weighted by molar-refractivity contribution is 0.377. The standard InChI is InChI=1S/C9H14N2O2/c1-6(10)9-7(12-2)4-11-5-8(9)13-3/h4-6H,10H2,1-3H3/t6-/m0/s1. The monoisotopic (exact) mass is 182 g/mol. The van der Waals surface area contributed by atoms with Crippen LogP contribution in [0.15, 0.2) is 12.4 Å². The second-order valence-electron chi connectivity index (χ2n) is 2.75. The Kier molecular flexibility index (Phi) is 3.08. The van der Waals surface area contributed by atoms with E-state index in [1.165, 1.54) is 0 Å². The number of methoxy groups -OCH3 is 2. The van der Waals surface area contributed by atoms with Gasteiger partial charge < -0.3 is 15.2 Å². The van der Waals surface area contributed by atoms with E-state index in [-0.39, 0.29) is 6.04 Å². The van der Waals surface area contributed by atoms with E-state index < -0.39 is 0 Å². The van der Waals surface area contributed by atoms with E-state index in [0.29, 0.717) is 11.5 Å². The van der Waals surface area contributed by atoms with Gasteiger partial charge >= 0.3 is 0 Å². The second kappa shape index (κ2) is 4.09. The van der Waals surface area contributed by atoms with Crippen molar-refractivity contribution in [3.63, 3.8) is 0 Å². The van der Waals surface area contributed by atoms with Crippen LogP contribution in [0.4, 0.5) is 0 Å². The highest BCUT2D eigenvalue weighted by Crippen LogP contribution is 2.31. The molecule has 0 aliphatic rings. The molecule has 0 radical (unpaired) electrons. The molecule has 0 spiro atoms. The first-order valence-electron chi connectivity index (χ1n) is 4.02. The van der Waals surface area contributed by atoms with Gasteiger partial charge in [0.2, 0.25) is 0 Å². The molecule has 0 aliphatic carbocycles. The minimum atomic E-state index is -0.132. The molecular formula is C9H14N2O2. The van der Waals surface area contributed by atoms with Crippen LogP contribution >= 0.6 is 0 Å². The van der Waals surface area contributed by atoms with Crippen molar-refractivity contribution in [2.24, 2.45) is 5.73 Å². The third kappa shape index (κ3) is 1.89. The normalized spacial score (nSPS) is 12.3. The Morgan fingerprint density at radius 3 is 2.00 bits per heavy atom. The van der Waals surface area contributed by atoms with Crippen LogP contribution in [0.3, 0.4) is 0 Å². The molecule has 2 N–H and O–H groups in total. The molecular weight excluding hydrogens is 168 g/mol. The highest BCUT2D eigenvalue weighted by Gasteiger charge is 2.13. The predicted octanol–water partition coefficient (Wildman–Crippen LogP) is 1.12. The summed E-state index contributed by atoms with van der Waals surface area (Å²) in [4.78, 5) is 3.96. The zero-order valence-electron chi connectivity index (χ0n) is 8.07. The van der Waals surface area contributed by atoms with Crippen LogP contribution in [-0.2, 0) is 0 Å². The highest BCUT2D eigenvalue weighted by molar-refractivity contribution is 5.43. The Labute approximate surface area is 77.7 Å². The second-order valence-corrected chi connectivity index (χ2v) is 2.75. The SMILES string of the molecule is COc1cncc(OC)c1[C@H](C)N. The molecule has 1 atom stereocenters. The molecule has 4 heteroatoms. The molecule has 0 aromatic carbocycles. The number of rotatable bonds is 3. The molecule has 0 unspecified atom stereocenters. The molecule has 0 fully saturated rings. The van der Waals surface area contributed by atoms with Gasteiger partial charge in [0, 0.05) is 6.04 Å². The number of nitrogens with zero attached hydrogens (tertiary/aromatic N) is 1. The molecule has 0 amide bonds. The van der Waals surface area contributed by atoms with Crippen molar-refractivity contribution < 1.29 is 9.47 Å². The summed E-state index contributed by atoms with van der Waals surface area (Å²) in [5.74, 6) is 1.32. The summed E-state index contributed by atoms with van der Waals surface area (Å²) in [5.41, 5.74) is 6.63. The summed E-state index contributed by atoms with van der Waals surface area (Å²) in [7, 11) is 3.17. The fourth-order valence-corrected chi connectivity index (χ4v) is 1.21. The molecule has 1 aromatic rings. The first-order chi connectivity index (χ1) is 6.20. The molecule has 72 valence electrons. The van der Waals surface area contributed by atoms with E-state index in [4.69, 9.17) is 15.2 Å². The molecule has 13 heavy (non-hydrogen) atoms. The summed E-state index contributed by atoms with van der Waals surface area (Å²) >= 11 is 0. The average molecular weight is 182 g/mol. The van der Waals surface area contributed by atoms with E-state index in [2.05, 4.69) is 4.98 Å². The average Bonchev–Trinajstić information content (AvgIpc) is 2.16. The van der Waals surface area contributed by atoms with Crippen molar-refractivity contribution in [3.05, 3.63) is 18.0 Å². The Morgan fingerprint density at radius 1 is 1.23 bits per heavy atom. The third-order valence-electron chi connectivity index (χ3n) is 1.81. The van der Waals surface area contributed by atoms with Crippen LogP contribution in [-0.4, -0.2) is 19.2 Å². The Morgan fingerprint density at radius 2 is 1.69 bits per heavy atom. The molecule has 0 bridgehead atoms. The highest BCUT2D eigenvalue weighted by atomic mass is 16.5. The molecule has 1 heterocycles. The van der Waals surface area contributed by atoms with Gasteiger partial charge in [-0.25, -0.2) is 0 Å². The maximum atomic E-state index is 5.78.